The Morgan fingerprint density at radius 1 is 1.43 bits per heavy atom. The molecule has 0 radical (unpaired) electrons. The number of alkyl halides is 3. The molecule has 0 aromatic rings. The molecule has 0 saturated heterocycles. The third-order valence-electron chi connectivity index (χ3n) is 2.46. The minimum atomic E-state index is -4.54. The summed E-state index contributed by atoms with van der Waals surface area (Å²) in [6.45, 7) is 3.20. The van der Waals surface area contributed by atoms with E-state index < -0.39 is 29.4 Å². The highest BCUT2D eigenvalue weighted by atomic mass is 19.4. The van der Waals surface area contributed by atoms with Crippen LogP contribution >= 0.6 is 0 Å². The summed E-state index contributed by atoms with van der Waals surface area (Å²) in [6.07, 6.45) is -4.54. The van der Waals surface area contributed by atoms with Gasteiger partial charge < -0.3 is 5.11 Å². The predicted octanol–water partition coefficient (Wildman–Crippen LogP) is 1.91. The van der Waals surface area contributed by atoms with Gasteiger partial charge in [0.2, 0.25) is 0 Å². The summed E-state index contributed by atoms with van der Waals surface area (Å²) in [5.74, 6) is 0.514. The van der Waals surface area contributed by atoms with Crippen LogP contribution in [0.4, 0.5) is 13.2 Å². The quantitative estimate of drug-likeness (QED) is 0.665. The first kappa shape index (κ1) is 10.9. The van der Waals surface area contributed by atoms with E-state index in [4.69, 9.17) is 5.11 Å². The van der Waals surface area contributed by atoms with Gasteiger partial charge in [0.25, 0.3) is 0 Å². The molecule has 0 unspecified atom stereocenters. The Kier molecular flexibility index (Phi) is 2.26. The molecule has 0 aliphatic heterocycles. The first-order valence-corrected chi connectivity index (χ1v) is 3.98. The van der Waals surface area contributed by atoms with Gasteiger partial charge >= 0.3 is 12.1 Å². The first-order valence-electron chi connectivity index (χ1n) is 3.98. The zero-order chi connectivity index (χ0) is 11.1. The van der Waals surface area contributed by atoms with Gasteiger partial charge in [0.05, 0.1) is 5.92 Å². The van der Waals surface area contributed by atoms with E-state index in [2.05, 4.69) is 0 Å². The van der Waals surface area contributed by atoms with Crippen LogP contribution in [-0.2, 0) is 4.79 Å². The lowest BCUT2D eigenvalue weighted by Gasteiger charge is -1.95. The Hall–Kier alpha value is -1.18. The Labute approximate surface area is 79.1 Å². The molecular formula is C9H9F3O2. The first-order chi connectivity index (χ1) is 6.16. The number of halogens is 3. The van der Waals surface area contributed by atoms with Crippen LogP contribution in [0.5, 0.6) is 0 Å². The van der Waals surface area contributed by atoms with Crippen LogP contribution in [0.25, 0.3) is 0 Å². The fraction of sp³-hybridized carbons (Fsp3) is 0.667. The molecule has 2 nitrogen and oxygen atoms in total. The summed E-state index contributed by atoms with van der Waals surface area (Å²) in [6, 6.07) is 0. The topological polar surface area (TPSA) is 37.3 Å². The van der Waals surface area contributed by atoms with Crippen molar-refractivity contribution in [3.63, 3.8) is 0 Å². The van der Waals surface area contributed by atoms with Gasteiger partial charge in [0, 0.05) is 11.8 Å². The summed E-state index contributed by atoms with van der Waals surface area (Å²) in [7, 11) is 0. The van der Waals surface area contributed by atoms with E-state index in [1.807, 2.05) is 5.92 Å². The number of carboxylic acids is 1. The van der Waals surface area contributed by atoms with Crippen molar-refractivity contribution in [2.24, 2.45) is 17.3 Å². The van der Waals surface area contributed by atoms with Gasteiger partial charge in [-0.25, -0.2) is 0 Å². The summed E-state index contributed by atoms with van der Waals surface area (Å²) in [5, 5.41) is 8.64. The van der Waals surface area contributed by atoms with Crippen molar-refractivity contribution >= 4 is 5.97 Å². The summed E-state index contributed by atoms with van der Waals surface area (Å²) in [5.41, 5.74) is -0.649. The van der Waals surface area contributed by atoms with Crippen molar-refractivity contribution in [2.75, 3.05) is 0 Å². The molecule has 0 aromatic heterocycles. The highest BCUT2D eigenvalue weighted by Crippen LogP contribution is 2.57. The zero-order valence-corrected chi connectivity index (χ0v) is 7.64. The lowest BCUT2D eigenvalue weighted by molar-refractivity contribution is -0.139. The summed E-state index contributed by atoms with van der Waals surface area (Å²) < 4.78 is 35.1. The lowest BCUT2D eigenvalue weighted by atomic mass is 10.1. The van der Waals surface area contributed by atoms with Crippen LogP contribution in [0.1, 0.15) is 13.8 Å². The molecule has 2 atom stereocenters. The van der Waals surface area contributed by atoms with E-state index in [-0.39, 0.29) is 0 Å². The number of hydrogen-bond donors (Lipinski definition) is 1. The van der Waals surface area contributed by atoms with Gasteiger partial charge in [0.15, 0.2) is 0 Å². The standard InChI is InChI=1S/C9H9F3O2/c1-8(2)5(6(8)7(13)14)3-4-9(10,11)12/h5-6H,1-2H3,(H,13,14)/t5-,6+/m1/s1. The van der Waals surface area contributed by atoms with E-state index in [1.54, 1.807) is 13.8 Å². The summed E-state index contributed by atoms with van der Waals surface area (Å²) >= 11 is 0. The van der Waals surface area contributed by atoms with Gasteiger partial charge in [0.1, 0.15) is 0 Å². The number of aliphatic carboxylic acids is 1. The van der Waals surface area contributed by atoms with Gasteiger partial charge in [-0.05, 0) is 5.41 Å². The zero-order valence-electron chi connectivity index (χ0n) is 7.64. The molecule has 5 heteroatoms. The number of hydrogen-bond acceptors (Lipinski definition) is 1. The van der Waals surface area contributed by atoms with Crippen molar-refractivity contribution in [3.05, 3.63) is 0 Å². The Morgan fingerprint density at radius 3 is 2.21 bits per heavy atom. The maximum absolute atomic E-state index is 11.7. The van der Waals surface area contributed by atoms with Crippen LogP contribution in [0, 0.1) is 29.1 Å². The fourth-order valence-electron chi connectivity index (χ4n) is 1.53. The maximum Gasteiger partial charge on any atom is 0.457 e. The minimum absolute atomic E-state index is 0.649. The van der Waals surface area contributed by atoms with Crippen LogP contribution in [0.2, 0.25) is 0 Å². The third-order valence-corrected chi connectivity index (χ3v) is 2.46. The van der Waals surface area contributed by atoms with E-state index in [0.717, 1.165) is 5.92 Å². The Morgan fingerprint density at radius 2 is 1.93 bits per heavy atom. The Bertz CT molecular complexity index is 319. The largest absolute Gasteiger partial charge is 0.481 e. The van der Waals surface area contributed by atoms with Crippen molar-refractivity contribution in [1.82, 2.24) is 0 Å². The van der Waals surface area contributed by atoms with Crippen molar-refractivity contribution in [2.45, 2.75) is 20.0 Å². The fourth-order valence-corrected chi connectivity index (χ4v) is 1.53. The Balaban J connectivity index is 2.74. The van der Waals surface area contributed by atoms with Crippen molar-refractivity contribution in [1.29, 1.82) is 0 Å². The van der Waals surface area contributed by atoms with Gasteiger partial charge in [-0.3, -0.25) is 4.79 Å². The maximum atomic E-state index is 11.7. The SMILES string of the molecule is CC1(C)[C@H](C#CC(F)(F)F)[C@H]1C(=O)O. The van der Waals surface area contributed by atoms with Gasteiger partial charge in [-0.2, -0.15) is 13.2 Å². The van der Waals surface area contributed by atoms with Gasteiger partial charge in [-0.15, -0.1) is 0 Å². The van der Waals surface area contributed by atoms with Crippen LogP contribution < -0.4 is 0 Å². The average molecular weight is 206 g/mol. The number of rotatable bonds is 1. The third kappa shape index (κ3) is 2.00. The van der Waals surface area contributed by atoms with Crippen molar-refractivity contribution < 1.29 is 23.1 Å². The van der Waals surface area contributed by atoms with Crippen molar-refractivity contribution in [3.8, 4) is 11.8 Å². The second kappa shape index (κ2) is 2.91. The number of carbonyl (C=O) groups is 1. The normalized spacial score (nSPS) is 28.9. The van der Waals surface area contributed by atoms with E-state index in [0.29, 0.717) is 0 Å². The second-order valence-electron chi connectivity index (χ2n) is 3.88. The molecule has 1 aliphatic rings. The molecule has 0 aromatic carbocycles. The predicted molar refractivity (Wildman–Crippen MR) is 42.2 cm³/mol. The molecule has 14 heavy (non-hydrogen) atoms. The van der Waals surface area contributed by atoms with Gasteiger partial charge in [-0.1, -0.05) is 19.8 Å². The number of carboxylic acid groups (broad SMARTS) is 1. The molecule has 1 N–H and O–H groups in total. The molecule has 1 saturated carbocycles. The molecule has 0 bridgehead atoms. The highest BCUT2D eigenvalue weighted by Gasteiger charge is 2.61. The molecule has 78 valence electrons. The second-order valence-corrected chi connectivity index (χ2v) is 3.88. The highest BCUT2D eigenvalue weighted by molar-refractivity contribution is 5.76. The van der Waals surface area contributed by atoms with E-state index in [1.165, 1.54) is 0 Å². The minimum Gasteiger partial charge on any atom is -0.481 e. The van der Waals surface area contributed by atoms with Crippen LogP contribution in [-0.4, -0.2) is 17.3 Å². The smallest absolute Gasteiger partial charge is 0.457 e. The average Bonchev–Trinajstić information content (AvgIpc) is 2.47. The van der Waals surface area contributed by atoms with Crippen LogP contribution in [0.3, 0.4) is 0 Å². The monoisotopic (exact) mass is 206 g/mol. The summed E-state index contributed by atoms with van der Waals surface area (Å²) in [4.78, 5) is 10.6. The lowest BCUT2D eigenvalue weighted by Crippen LogP contribution is -2.03. The molecule has 1 aliphatic carbocycles. The van der Waals surface area contributed by atoms with E-state index >= 15 is 0 Å². The molecule has 0 heterocycles. The van der Waals surface area contributed by atoms with E-state index in [9.17, 15) is 18.0 Å². The molecule has 1 rings (SSSR count). The molecule has 0 amide bonds. The molecule has 1 fully saturated rings. The van der Waals surface area contributed by atoms with Crippen LogP contribution in [0.15, 0.2) is 0 Å². The molecule has 0 spiro atoms. The molecular weight excluding hydrogens is 197 g/mol.